The smallest absolute Gasteiger partial charge is 0.286 e. The third-order valence-corrected chi connectivity index (χ3v) is 5.32. The van der Waals surface area contributed by atoms with Crippen molar-refractivity contribution >= 4 is 39.2 Å². The standard InChI is InChI=1S/C25H18N4O4/c26-23(30)22-20(18-12-6-7-13-19(18)33-22)27-24(31)21-16-10-4-5-11-17(16)25(32)29(28-21)14-15-8-2-1-3-9-15/h1-13H,14H2,(H2,26,30)(H,27,31). The summed E-state index contributed by atoms with van der Waals surface area (Å²) in [5.41, 5.74) is 6.64. The van der Waals surface area contributed by atoms with E-state index in [1.54, 1.807) is 48.5 Å². The van der Waals surface area contributed by atoms with Crippen molar-refractivity contribution in [2.45, 2.75) is 6.54 Å². The third-order valence-electron chi connectivity index (χ3n) is 5.32. The Bertz CT molecular complexity index is 1590. The summed E-state index contributed by atoms with van der Waals surface area (Å²) in [5, 5.41) is 8.39. The van der Waals surface area contributed by atoms with Crippen molar-refractivity contribution in [1.29, 1.82) is 0 Å². The van der Waals surface area contributed by atoms with E-state index in [0.717, 1.165) is 5.56 Å². The lowest BCUT2D eigenvalue weighted by atomic mass is 10.1. The molecule has 0 spiro atoms. The molecule has 0 aliphatic rings. The number of hydrogen-bond acceptors (Lipinski definition) is 5. The number of carbonyl (C=O) groups is 2. The molecule has 0 bridgehead atoms. The summed E-state index contributed by atoms with van der Waals surface area (Å²) < 4.78 is 6.80. The summed E-state index contributed by atoms with van der Waals surface area (Å²) in [7, 11) is 0. The molecular weight excluding hydrogens is 420 g/mol. The molecule has 8 heteroatoms. The molecule has 0 saturated carbocycles. The van der Waals surface area contributed by atoms with Gasteiger partial charge in [-0.2, -0.15) is 5.10 Å². The number of nitrogens with two attached hydrogens (primary N) is 1. The van der Waals surface area contributed by atoms with E-state index in [9.17, 15) is 14.4 Å². The Morgan fingerprint density at radius 2 is 1.52 bits per heavy atom. The van der Waals surface area contributed by atoms with Crippen LogP contribution in [0, 0.1) is 0 Å². The number of fused-ring (bicyclic) bond motifs is 2. The van der Waals surface area contributed by atoms with E-state index in [4.69, 9.17) is 10.2 Å². The predicted molar refractivity (Wildman–Crippen MR) is 124 cm³/mol. The van der Waals surface area contributed by atoms with Crippen LogP contribution in [0.4, 0.5) is 5.69 Å². The molecule has 0 aliphatic heterocycles. The van der Waals surface area contributed by atoms with Crippen molar-refractivity contribution in [1.82, 2.24) is 9.78 Å². The van der Waals surface area contributed by atoms with Gasteiger partial charge in [0.15, 0.2) is 5.69 Å². The van der Waals surface area contributed by atoms with Crippen LogP contribution < -0.4 is 16.6 Å². The number of rotatable bonds is 5. The predicted octanol–water partition coefficient (Wildman–Crippen LogP) is 3.54. The summed E-state index contributed by atoms with van der Waals surface area (Å²) in [4.78, 5) is 38.4. The topological polar surface area (TPSA) is 120 Å². The normalized spacial score (nSPS) is 11.0. The van der Waals surface area contributed by atoms with Gasteiger partial charge in [0.25, 0.3) is 17.4 Å². The fraction of sp³-hybridized carbons (Fsp3) is 0.0400. The molecule has 3 N–H and O–H groups in total. The summed E-state index contributed by atoms with van der Waals surface area (Å²) in [6.45, 7) is 0.200. The number of benzene rings is 3. The zero-order valence-corrected chi connectivity index (χ0v) is 17.3. The van der Waals surface area contributed by atoms with Crippen LogP contribution in [0.1, 0.15) is 26.6 Å². The molecule has 5 rings (SSSR count). The van der Waals surface area contributed by atoms with Crippen molar-refractivity contribution in [2.24, 2.45) is 5.73 Å². The average molecular weight is 438 g/mol. The van der Waals surface area contributed by atoms with E-state index < -0.39 is 11.8 Å². The van der Waals surface area contributed by atoms with E-state index in [1.807, 2.05) is 30.3 Å². The molecule has 0 fully saturated rings. The molecule has 0 aliphatic carbocycles. The van der Waals surface area contributed by atoms with Crippen LogP contribution in [0.25, 0.3) is 21.7 Å². The Kier molecular flexibility index (Phi) is 4.95. The number of anilines is 1. The van der Waals surface area contributed by atoms with E-state index in [1.165, 1.54) is 4.68 Å². The first kappa shape index (κ1) is 20.2. The molecule has 2 heterocycles. The molecule has 33 heavy (non-hydrogen) atoms. The van der Waals surface area contributed by atoms with Gasteiger partial charge in [0.2, 0.25) is 5.76 Å². The molecule has 3 aromatic carbocycles. The number of primary amides is 1. The number of nitrogens with zero attached hydrogens (tertiary/aromatic N) is 2. The Balaban J connectivity index is 1.63. The zero-order chi connectivity index (χ0) is 22.9. The summed E-state index contributed by atoms with van der Waals surface area (Å²) in [6, 6.07) is 23.0. The molecule has 162 valence electrons. The van der Waals surface area contributed by atoms with Gasteiger partial charge in [0.1, 0.15) is 11.3 Å². The highest BCUT2D eigenvalue weighted by molar-refractivity contribution is 6.16. The number of hydrogen-bond donors (Lipinski definition) is 2. The minimum Gasteiger partial charge on any atom is -0.449 e. The Morgan fingerprint density at radius 1 is 0.879 bits per heavy atom. The van der Waals surface area contributed by atoms with Gasteiger partial charge >= 0.3 is 0 Å². The molecule has 5 aromatic rings. The number of amides is 2. The van der Waals surface area contributed by atoms with Gasteiger partial charge in [-0.15, -0.1) is 0 Å². The highest BCUT2D eigenvalue weighted by Crippen LogP contribution is 2.31. The summed E-state index contributed by atoms with van der Waals surface area (Å²) in [6.07, 6.45) is 0. The van der Waals surface area contributed by atoms with Crippen LogP contribution in [0.3, 0.4) is 0 Å². The van der Waals surface area contributed by atoms with E-state index in [0.29, 0.717) is 21.7 Å². The van der Waals surface area contributed by atoms with Crippen molar-refractivity contribution in [2.75, 3.05) is 5.32 Å². The summed E-state index contributed by atoms with van der Waals surface area (Å²) in [5.74, 6) is -1.57. The van der Waals surface area contributed by atoms with Crippen molar-refractivity contribution < 1.29 is 14.0 Å². The van der Waals surface area contributed by atoms with Crippen molar-refractivity contribution in [3.8, 4) is 0 Å². The molecule has 0 saturated heterocycles. The lowest BCUT2D eigenvalue weighted by Gasteiger charge is -2.11. The van der Waals surface area contributed by atoms with Crippen LogP contribution in [0.2, 0.25) is 0 Å². The molecular formula is C25H18N4O4. The lowest BCUT2D eigenvalue weighted by molar-refractivity contribution is 0.0977. The van der Waals surface area contributed by atoms with Crippen LogP contribution in [0.5, 0.6) is 0 Å². The maximum atomic E-state index is 13.4. The third kappa shape index (κ3) is 3.63. The number of furan rings is 1. The number of para-hydroxylation sites is 1. The van der Waals surface area contributed by atoms with Gasteiger partial charge in [0.05, 0.1) is 11.9 Å². The Morgan fingerprint density at radius 3 is 2.24 bits per heavy atom. The van der Waals surface area contributed by atoms with Gasteiger partial charge in [-0.1, -0.05) is 60.7 Å². The van der Waals surface area contributed by atoms with E-state index in [2.05, 4.69) is 10.4 Å². The second kappa shape index (κ2) is 8.08. The highest BCUT2D eigenvalue weighted by atomic mass is 16.3. The fourth-order valence-electron chi connectivity index (χ4n) is 3.78. The molecule has 2 aromatic heterocycles. The van der Waals surface area contributed by atoms with Crippen LogP contribution in [-0.2, 0) is 6.54 Å². The number of nitrogens with one attached hydrogen (secondary N) is 1. The number of aromatic nitrogens is 2. The van der Waals surface area contributed by atoms with Crippen molar-refractivity contribution in [3.05, 3.63) is 106 Å². The van der Waals surface area contributed by atoms with Gasteiger partial charge in [-0.25, -0.2) is 4.68 Å². The minimum absolute atomic E-state index is 0.0434. The quantitative estimate of drug-likeness (QED) is 0.435. The zero-order valence-electron chi connectivity index (χ0n) is 17.3. The first-order valence-electron chi connectivity index (χ1n) is 10.2. The van der Waals surface area contributed by atoms with Gasteiger partial charge in [0, 0.05) is 10.8 Å². The molecule has 2 amide bonds. The van der Waals surface area contributed by atoms with E-state index >= 15 is 0 Å². The van der Waals surface area contributed by atoms with Crippen LogP contribution in [-0.4, -0.2) is 21.6 Å². The van der Waals surface area contributed by atoms with Gasteiger partial charge in [-0.3, -0.25) is 14.4 Å². The first-order valence-corrected chi connectivity index (χ1v) is 10.2. The highest BCUT2D eigenvalue weighted by Gasteiger charge is 2.23. The Hall–Kier alpha value is -4.72. The SMILES string of the molecule is NC(=O)c1oc2ccccc2c1NC(=O)c1nn(Cc2ccccc2)c(=O)c2ccccc12. The molecule has 0 radical (unpaired) electrons. The van der Waals surface area contributed by atoms with E-state index in [-0.39, 0.29) is 29.2 Å². The second-order valence-corrected chi connectivity index (χ2v) is 7.46. The van der Waals surface area contributed by atoms with Crippen molar-refractivity contribution in [3.63, 3.8) is 0 Å². The maximum absolute atomic E-state index is 13.4. The first-order chi connectivity index (χ1) is 16.0. The van der Waals surface area contributed by atoms with Gasteiger partial charge < -0.3 is 15.5 Å². The Labute approximate surface area is 187 Å². The largest absolute Gasteiger partial charge is 0.449 e. The average Bonchev–Trinajstić information content (AvgIpc) is 3.20. The van der Waals surface area contributed by atoms with Crippen LogP contribution >= 0.6 is 0 Å². The molecule has 0 unspecified atom stereocenters. The molecule has 0 atom stereocenters. The second-order valence-electron chi connectivity index (χ2n) is 7.46. The molecule has 8 nitrogen and oxygen atoms in total. The van der Waals surface area contributed by atoms with Gasteiger partial charge in [-0.05, 0) is 23.8 Å². The lowest BCUT2D eigenvalue weighted by Crippen LogP contribution is -2.28. The minimum atomic E-state index is -0.812. The maximum Gasteiger partial charge on any atom is 0.286 e. The number of carbonyl (C=O) groups excluding carboxylic acids is 2. The monoisotopic (exact) mass is 438 g/mol. The fourth-order valence-corrected chi connectivity index (χ4v) is 3.78. The summed E-state index contributed by atoms with van der Waals surface area (Å²) >= 11 is 0. The van der Waals surface area contributed by atoms with Crippen LogP contribution in [0.15, 0.2) is 88.1 Å².